The van der Waals surface area contributed by atoms with Gasteiger partial charge in [0.2, 0.25) is 0 Å². The molecule has 0 radical (unpaired) electrons. The molecule has 4 rings (SSSR count). The summed E-state index contributed by atoms with van der Waals surface area (Å²) in [4.78, 5) is 2.38. The fourth-order valence-electron chi connectivity index (χ4n) is 4.01. The van der Waals surface area contributed by atoms with Crippen LogP contribution in [0.25, 0.3) is 0 Å². The molecule has 0 aromatic heterocycles. The van der Waals surface area contributed by atoms with E-state index in [0.29, 0.717) is 5.75 Å². The van der Waals surface area contributed by atoms with Crippen LogP contribution in [0, 0.1) is 5.82 Å². The molecule has 25 heavy (non-hydrogen) atoms. The zero-order valence-corrected chi connectivity index (χ0v) is 14.3. The van der Waals surface area contributed by atoms with Crippen molar-refractivity contribution in [3.05, 3.63) is 59.4 Å². The maximum atomic E-state index is 14.4. The first-order valence-corrected chi connectivity index (χ1v) is 8.74. The topological polar surface area (TPSA) is 47.7 Å². The van der Waals surface area contributed by atoms with Gasteiger partial charge < -0.3 is 15.2 Å². The van der Waals surface area contributed by atoms with Crippen LogP contribution in [0.1, 0.15) is 23.7 Å². The lowest BCUT2D eigenvalue weighted by Gasteiger charge is -2.30. The summed E-state index contributed by atoms with van der Waals surface area (Å²) in [6.45, 7) is 1.81. The Morgan fingerprint density at radius 1 is 1.16 bits per heavy atom. The third-order valence-electron chi connectivity index (χ3n) is 5.26. The van der Waals surface area contributed by atoms with E-state index in [4.69, 9.17) is 15.2 Å². The SMILES string of the molecule is COc1cccc(F)c1O[C@@H]1c2ccccc2C[C@H]1N1CCC(N)C1. The van der Waals surface area contributed by atoms with E-state index < -0.39 is 5.82 Å². The number of nitrogens with two attached hydrogens (primary N) is 1. The van der Waals surface area contributed by atoms with Crippen LogP contribution < -0.4 is 15.2 Å². The zero-order chi connectivity index (χ0) is 17.4. The molecule has 2 aliphatic rings. The van der Waals surface area contributed by atoms with Crippen LogP contribution >= 0.6 is 0 Å². The second-order valence-electron chi connectivity index (χ2n) is 6.82. The highest BCUT2D eigenvalue weighted by Crippen LogP contribution is 2.42. The number of likely N-dealkylation sites (tertiary alicyclic amines) is 1. The number of methoxy groups -OCH3 is 1. The monoisotopic (exact) mass is 342 g/mol. The van der Waals surface area contributed by atoms with Gasteiger partial charge in [-0.1, -0.05) is 30.3 Å². The summed E-state index contributed by atoms with van der Waals surface area (Å²) in [5, 5.41) is 0. The number of hydrogen-bond acceptors (Lipinski definition) is 4. The van der Waals surface area contributed by atoms with Gasteiger partial charge in [-0.15, -0.1) is 0 Å². The molecule has 4 nitrogen and oxygen atoms in total. The molecule has 1 aliphatic carbocycles. The second-order valence-corrected chi connectivity index (χ2v) is 6.82. The van der Waals surface area contributed by atoms with Crippen molar-refractivity contribution >= 4 is 0 Å². The predicted molar refractivity (Wildman–Crippen MR) is 94.4 cm³/mol. The van der Waals surface area contributed by atoms with Crippen molar-refractivity contribution in [3.8, 4) is 11.5 Å². The van der Waals surface area contributed by atoms with Crippen LogP contribution in [0.15, 0.2) is 42.5 Å². The molecule has 0 amide bonds. The van der Waals surface area contributed by atoms with E-state index in [2.05, 4.69) is 17.0 Å². The molecule has 2 aromatic carbocycles. The number of benzene rings is 2. The summed E-state index contributed by atoms with van der Waals surface area (Å²) in [6, 6.07) is 13.4. The van der Waals surface area contributed by atoms with Crippen molar-refractivity contribution in [1.29, 1.82) is 0 Å². The maximum absolute atomic E-state index is 14.4. The highest BCUT2D eigenvalue weighted by atomic mass is 19.1. The van der Waals surface area contributed by atoms with E-state index in [-0.39, 0.29) is 23.9 Å². The molecule has 0 bridgehead atoms. The van der Waals surface area contributed by atoms with E-state index in [0.717, 1.165) is 31.5 Å². The third-order valence-corrected chi connectivity index (χ3v) is 5.26. The Morgan fingerprint density at radius 2 is 2.00 bits per heavy atom. The minimum Gasteiger partial charge on any atom is -0.493 e. The molecular weight excluding hydrogens is 319 g/mol. The van der Waals surface area contributed by atoms with E-state index in [1.165, 1.54) is 18.7 Å². The van der Waals surface area contributed by atoms with Gasteiger partial charge in [0.25, 0.3) is 0 Å². The third kappa shape index (κ3) is 2.98. The molecule has 1 saturated heterocycles. The van der Waals surface area contributed by atoms with Crippen LogP contribution in [0.2, 0.25) is 0 Å². The van der Waals surface area contributed by atoms with Gasteiger partial charge in [0.05, 0.1) is 13.2 Å². The molecule has 2 aromatic rings. The minimum atomic E-state index is -0.402. The quantitative estimate of drug-likeness (QED) is 0.928. The lowest BCUT2D eigenvalue weighted by Crippen LogP contribution is -2.40. The van der Waals surface area contributed by atoms with Gasteiger partial charge in [0.1, 0.15) is 6.10 Å². The molecule has 1 fully saturated rings. The maximum Gasteiger partial charge on any atom is 0.197 e. The Hall–Kier alpha value is -2.11. The van der Waals surface area contributed by atoms with Gasteiger partial charge in [0.15, 0.2) is 17.3 Å². The second kappa shape index (κ2) is 6.65. The lowest BCUT2D eigenvalue weighted by atomic mass is 10.1. The van der Waals surface area contributed by atoms with E-state index >= 15 is 0 Å². The minimum absolute atomic E-state index is 0.162. The Morgan fingerprint density at radius 3 is 2.76 bits per heavy atom. The molecular formula is C20H23FN2O2. The standard InChI is InChI=1S/C20H23FN2O2/c1-24-18-8-4-7-16(21)20(18)25-19-15-6-3-2-5-13(15)11-17(19)23-10-9-14(22)12-23/h2-8,14,17,19H,9-12,22H2,1H3/t14?,17-,19-/m1/s1. The first kappa shape index (κ1) is 16.4. The van der Waals surface area contributed by atoms with Crippen molar-refractivity contribution < 1.29 is 13.9 Å². The van der Waals surface area contributed by atoms with Gasteiger partial charge in [-0.3, -0.25) is 4.90 Å². The fourth-order valence-corrected chi connectivity index (χ4v) is 4.01. The Kier molecular flexibility index (Phi) is 4.36. The van der Waals surface area contributed by atoms with Crippen LogP contribution in [-0.2, 0) is 6.42 Å². The molecule has 132 valence electrons. The Balaban J connectivity index is 1.69. The summed E-state index contributed by atoms with van der Waals surface area (Å²) in [6.07, 6.45) is 1.65. The Bertz CT molecular complexity index is 767. The van der Waals surface area contributed by atoms with Crippen molar-refractivity contribution in [3.63, 3.8) is 0 Å². The number of rotatable bonds is 4. The highest BCUT2D eigenvalue weighted by molar-refractivity contribution is 5.43. The number of fused-ring (bicyclic) bond motifs is 1. The Labute approximate surface area is 147 Å². The van der Waals surface area contributed by atoms with Crippen LogP contribution in [-0.4, -0.2) is 37.2 Å². The number of hydrogen-bond donors (Lipinski definition) is 1. The molecule has 1 heterocycles. The van der Waals surface area contributed by atoms with Crippen molar-refractivity contribution in [2.24, 2.45) is 5.73 Å². The number of halogens is 1. The average Bonchev–Trinajstić information content (AvgIpc) is 3.20. The summed E-state index contributed by atoms with van der Waals surface area (Å²) in [5.41, 5.74) is 8.48. The van der Waals surface area contributed by atoms with E-state index in [1.807, 2.05) is 12.1 Å². The molecule has 1 aliphatic heterocycles. The smallest absolute Gasteiger partial charge is 0.197 e. The van der Waals surface area contributed by atoms with Crippen LogP contribution in [0.3, 0.4) is 0 Å². The molecule has 0 spiro atoms. The average molecular weight is 342 g/mol. The van der Waals surface area contributed by atoms with Gasteiger partial charge >= 0.3 is 0 Å². The molecule has 0 saturated carbocycles. The molecule has 3 atom stereocenters. The van der Waals surface area contributed by atoms with Crippen molar-refractivity contribution in [2.75, 3.05) is 20.2 Å². The number of ether oxygens (including phenoxy) is 2. The van der Waals surface area contributed by atoms with Crippen LogP contribution in [0.4, 0.5) is 4.39 Å². The highest BCUT2D eigenvalue weighted by Gasteiger charge is 2.40. The predicted octanol–water partition coefficient (Wildman–Crippen LogP) is 2.91. The van der Waals surface area contributed by atoms with Crippen molar-refractivity contribution in [1.82, 2.24) is 4.90 Å². The largest absolute Gasteiger partial charge is 0.493 e. The van der Waals surface area contributed by atoms with Gasteiger partial charge in [-0.25, -0.2) is 4.39 Å². The summed E-state index contributed by atoms with van der Waals surface area (Å²) in [7, 11) is 1.53. The molecule has 5 heteroatoms. The van der Waals surface area contributed by atoms with Crippen LogP contribution in [0.5, 0.6) is 11.5 Å². The first-order valence-electron chi connectivity index (χ1n) is 8.74. The van der Waals surface area contributed by atoms with E-state index in [9.17, 15) is 4.39 Å². The first-order chi connectivity index (χ1) is 12.2. The van der Waals surface area contributed by atoms with Crippen molar-refractivity contribution in [2.45, 2.75) is 31.0 Å². The number of nitrogens with zero attached hydrogens (tertiary/aromatic N) is 1. The fraction of sp³-hybridized carbons (Fsp3) is 0.400. The number of para-hydroxylation sites is 1. The van der Waals surface area contributed by atoms with Gasteiger partial charge in [-0.05, 0) is 36.1 Å². The molecule has 1 unspecified atom stereocenters. The molecule has 2 N–H and O–H groups in total. The lowest BCUT2D eigenvalue weighted by molar-refractivity contribution is 0.0870. The van der Waals surface area contributed by atoms with Gasteiger partial charge in [-0.2, -0.15) is 0 Å². The van der Waals surface area contributed by atoms with E-state index in [1.54, 1.807) is 12.1 Å². The summed E-state index contributed by atoms with van der Waals surface area (Å²) >= 11 is 0. The zero-order valence-electron chi connectivity index (χ0n) is 14.3. The summed E-state index contributed by atoms with van der Waals surface area (Å²) in [5.74, 6) is 0.196. The summed E-state index contributed by atoms with van der Waals surface area (Å²) < 4.78 is 25.9. The van der Waals surface area contributed by atoms with Gasteiger partial charge in [0, 0.05) is 19.1 Å². The normalized spacial score (nSPS) is 25.8.